The largest absolute Gasteiger partial charge is 0.295 e. The lowest BCUT2D eigenvalue weighted by Crippen LogP contribution is -1.90. The zero-order valence-corrected chi connectivity index (χ0v) is 10.5. The molecule has 0 amide bonds. The Hall–Kier alpha value is -1.41. The molecule has 1 heterocycles. The molecule has 82 valence electrons. The van der Waals surface area contributed by atoms with E-state index >= 15 is 0 Å². The fraction of sp³-hybridized carbons (Fsp3) is 0.214. The number of Topliss-reactive ketones (excluding diaryl/α,β-unsaturated/α-hetero) is 1. The van der Waals surface area contributed by atoms with Gasteiger partial charge in [-0.2, -0.15) is 0 Å². The lowest BCUT2D eigenvalue weighted by atomic mass is 10.1. The molecule has 2 heteroatoms. The van der Waals surface area contributed by atoms with Crippen molar-refractivity contribution < 1.29 is 4.79 Å². The Bertz CT molecular complexity index is 501. The molecule has 0 bridgehead atoms. The van der Waals surface area contributed by atoms with Crippen LogP contribution in [-0.4, -0.2) is 5.78 Å². The Labute approximate surface area is 99.8 Å². The maximum absolute atomic E-state index is 11.2. The predicted octanol–water partition coefficient (Wildman–Crippen LogP) is 4.23. The van der Waals surface area contributed by atoms with Crippen molar-refractivity contribution in [3.8, 4) is 10.4 Å². The van der Waals surface area contributed by atoms with E-state index in [9.17, 15) is 4.79 Å². The van der Waals surface area contributed by atoms with Gasteiger partial charge in [0.1, 0.15) is 0 Å². The fourth-order valence-corrected chi connectivity index (χ4v) is 2.62. The van der Waals surface area contributed by atoms with Crippen LogP contribution >= 0.6 is 11.3 Å². The summed E-state index contributed by atoms with van der Waals surface area (Å²) in [6.45, 7) is 5.85. The molecule has 0 spiro atoms. The number of carbonyl (C=O) groups is 1. The van der Waals surface area contributed by atoms with Crippen LogP contribution in [0.2, 0.25) is 0 Å². The summed E-state index contributed by atoms with van der Waals surface area (Å²) in [5, 5.41) is 0. The molecule has 0 unspecified atom stereocenters. The van der Waals surface area contributed by atoms with Gasteiger partial charge in [-0.15, -0.1) is 11.3 Å². The quantitative estimate of drug-likeness (QED) is 0.705. The predicted molar refractivity (Wildman–Crippen MR) is 69.2 cm³/mol. The Morgan fingerprint density at radius 2 is 1.75 bits per heavy atom. The summed E-state index contributed by atoms with van der Waals surface area (Å²) in [4.78, 5) is 13.8. The first-order valence-electron chi connectivity index (χ1n) is 5.26. The Morgan fingerprint density at radius 1 is 1.12 bits per heavy atom. The van der Waals surface area contributed by atoms with Crippen molar-refractivity contribution in [2.24, 2.45) is 0 Å². The minimum Gasteiger partial charge on any atom is -0.295 e. The van der Waals surface area contributed by atoms with Crippen molar-refractivity contribution >= 4 is 17.1 Å². The molecule has 1 aromatic carbocycles. The van der Waals surface area contributed by atoms with Gasteiger partial charge in [0.2, 0.25) is 0 Å². The number of benzene rings is 1. The zero-order valence-electron chi connectivity index (χ0n) is 9.70. The average molecular weight is 230 g/mol. The van der Waals surface area contributed by atoms with E-state index in [0.717, 1.165) is 5.56 Å². The monoisotopic (exact) mass is 230 g/mol. The second-order valence-electron chi connectivity index (χ2n) is 3.98. The highest BCUT2D eigenvalue weighted by Gasteiger charge is 2.05. The van der Waals surface area contributed by atoms with Crippen molar-refractivity contribution in [2.75, 3.05) is 0 Å². The SMILES string of the molecule is CC(=O)c1ccc(-c2cc(C)c(C)s2)cc1. The first-order valence-corrected chi connectivity index (χ1v) is 6.08. The van der Waals surface area contributed by atoms with Crippen molar-refractivity contribution in [1.29, 1.82) is 0 Å². The molecule has 0 radical (unpaired) electrons. The highest BCUT2D eigenvalue weighted by atomic mass is 32.1. The fourth-order valence-electron chi connectivity index (χ4n) is 1.58. The third-order valence-electron chi connectivity index (χ3n) is 2.74. The average Bonchev–Trinajstić information content (AvgIpc) is 2.59. The summed E-state index contributed by atoms with van der Waals surface area (Å²) in [6, 6.07) is 10.0. The Morgan fingerprint density at radius 3 is 2.19 bits per heavy atom. The van der Waals surface area contributed by atoms with Gasteiger partial charge in [-0.25, -0.2) is 0 Å². The summed E-state index contributed by atoms with van der Waals surface area (Å²) in [6.07, 6.45) is 0. The van der Waals surface area contributed by atoms with Crippen molar-refractivity contribution in [2.45, 2.75) is 20.8 Å². The zero-order chi connectivity index (χ0) is 11.7. The van der Waals surface area contributed by atoms with Gasteiger partial charge < -0.3 is 0 Å². The third-order valence-corrected chi connectivity index (χ3v) is 3.94. The molecule has 2 rings (SSSR count). The van der Waals surface area contributed by atoms with E-state index in [2.05, 4.69) is 19.9 Å². The molecule has 1 nitrogen and oxygen atoms in total. The standard InChI is InChI=1S/C14H14OS/c1-9-8-14(16-11(9)3)13-6-4-12(5-7-13)10(2)15/h4-8H,1-3H3. The third kappa shape index (κ3) is 2.07. The molecule has 0 aliphatic carbocycles. The molecule has 0 aliphatic rings. The molecule has 0 N–H and O–H groups in total. The van der Waals surface area contributed by atoms with E-state index in [-0.39, 0.29) is 5.78 Å². The number of hydrogen-bond donors (Lipinski definition) is 0. The molecule has 0 atom stereocenters. The van der Waals surface area contributed by atoms with Crippen molar-refractivity contribution in [1.82, 2.24) is 0 Å². The van der Waals surface area contributed by atoms with Crippen LogP contribution in [-0.2, 0) is 0 Å². The van der Waals surface area contributed by atoms with E-state index in [1.54, 1.807) is 18.3 Å². The maximum atomic E-state index is 11.2. The number of hydrogen-bond acceptors (Lipinski definition) is 2. The number of rotatable bonds is 2. The normalized spacial score (nSPS) is 10.4. The van der Waals surface area contributed by atoms with E-state index in [1.165, 1.54) is 20.9 Å². The molecule has 0 saturated carbocycles. The number of carbonyl (C=O) groups excluding carboxylic acids is 1. The van der Waals surface area contributed by atoms with Crippen LogP contribution in [0.25, 0.3) is 10.4 Å². The summed E-state index contributed by atoms with van der Waals surface area (Å²) in [5.41, 5.74) is 3.29. The van der Waals surface area contributed by atoms with Gasteiger partial charge in [0.15, 0.2) is 5.78 Å². The van der Waals surface area contributed by atoms with Gasteiger partial charge in [0, 0.05) is 15.3 Å². The van der Waals surface area contributed by atoms with E-state index in [1.807, 2.05) is 24.3 Å². The molecule has 0 aliphatic heterocycles. The minimum absolute atomic E-state index is 0.116. The summed E-state index contributed by atoms with van der Waals surface area (Å²) < 4.78 is 0. The van der Waals surface area contributed by atoms with Gasteiger partial charge in [0.25, 0.3) is 0 Å². The second kappa shape index (κ2) is 4.22. The number of thiophene rings is 1. The van der Waals surface area contributed by atoms with Crippen LogP contribution in [0.3, 0.4) is 0 Å². The highest BCUT2D eigenvalue weighted by molar-refractivity contribution is 7.15. The van der Waals surface area contributed by atoms with Crippen LogP contribution in [0.15, 0.2) is 30.3 Å². The van der Waals surface area contributed by atoms with Crippen molar-refractivity contribution in [3.05, 3.63) is 46.3 Å². The topological polar surface area (TPSA) is 17.1 Å². The first-order chi connectivity index (χ1) is 7.58. The Balaban J connectivity index is 2.38. The smallest absolute Gasteiger partial charge is 0.159 e. The summed E-state index contributed by atoms with van der Waals surface area (Å²) in [5.74, 6) is 0.116. The van der Waals surface area contributed by atoms with Crippen LogP contribution in [0.4, 0.5) is 0 Å². The van der Waals surface area contributed by atoms with E-state index in [0.29, 0.717) is 0 Å². The molecule has 16 heavy (non-hydrogen) atoms. The van der Waals surface area contributed by atoms with Gasteiger partial charge in [0.05, 0.1) is 0 Å². The van der Waals surface area contributed by atoms with Gasteiger partial charge in [-0.05, 0) is 38.0 Å². The highest BCUT2D eigenvalue weighted by Crippen LogP contribution is 2.30. The van der Waals surface area contributed by atoms with Gasteiger partial charge in [-0.1, -0.05) is 24.3 Å². The molecule has 0 fully saturated rings. The lowest BCUT2D eigenvalue weighted by molar-refractivity contribution is 0.101. The van der Waals surface area contributed by atoms with Gasteiger partial charge >= 0.3 is 0 Å². The Kier molecular flexibility index (Phi) is 2.92. The second-order valence-corrected chi connectivity index (χ2v) is 5.24. The summed E-state index contributed by atoms with van der Waals surface area (Å²) >= 11 is 1.80. The summed E-state index contributed by atoms with van der Waals surface area (Å²) in [7, 11) is 0. The van der Waals surface area contributed by atoms with Crippen LogP contribution < -0.4 is 0 Å². The van der Waals surface area contributed by atoms with Crippen LogP contribution in [0.5, 0.6) is 0 Å². The van der Waals surface area contributed by atoms with E-state index < -0.39 is 0 Å². The minimum atomic E-state index is 0.116. The number of aryl methyl sites for hydroxylation is 2. The molecule has 0 saturated heterocycles. The van der Waals surface area contributed by atoms with Gasteiger partial charge in [-0.3, -0.25) is 4.79 Å². The maximum Gasteiger partial charge on any atom is 0.159 e. The molecular weight excluding hydrogens is 216 g/mol. The molecule has 1 aromatic heterocycles. The lowest BCUT2D eigenvalue weighted by Gasteiger charge is -1.98. The van der Waals surface area contributed by atoms with Crippen LogP contribution in [0, 0.1) is 13.8 Å². The molecular formula is C14H14OS. The first kappa shape index (κ1) is 11.1. The van der Waals surface area contributed by atoms with Crippen molar-refractivity contribution in [3.63, 3.8) is 0 Å². The number of ketones is 1. The van der Waals surface area contributed by atoms with E-state index in [4.69, 9.17) is 0 Å². The van der Waals surface area contributed by atoms with Crippen LogP contribution in [0.1, 0.15) is 27.7 Å². The molecule has 2 aromatic rings.